The lowest BCUT2D eigenvalue weighted by Gasteiger charge is -2.28. The number of nitrogens with one attached hydrogen (secondary N) is 1. The van der Waals surface area contributed by atoms with Crippen molar-refractivity contribution in [3.8, 4) is 11.3 Å². The van der Waals surface area contributed by atoms with Crippen LogP contribution < -0.4 is 5.32 Å². The molecule has 9 nitrogen and oxygen atoms in total. The molecule has 0 saturated carbocycles. The minimum Gasteiger partial charge on any atom is -0.456 e. The van der Waals surface area contributed by atoms with Crippen molar-refractivity contribution in [3.05, 3.63) is 71.7 Å². The molecule has 9 heteroatoms. The lowest BCUT2D eigenvalue weighted by Crippen LogP contribution is -2.33. The van der Waals surface area contributed by atoms with Crippen LogP contribution in [0, 0.1) is 0 Å². The topological polar surface area (TPSA) is 103 Å². The number of aryl methyl sites for hydroxylation is 1. The number of aromatic nitrogens is 2. The predicted octanol–water partition coefficient (Wildman–Crippen LogP) is 6.50. The Balaban J connectivity index is 1.41. The zero-order chi connectivity index (χ0) is 29.9. The molecule has 0 aliphatic carbocycles. The normalized spacial score (nSPS) is 15.0. The van der Waals surface area contributed by atoms with Gasteiger partial charge in [0.15, 0.2) is 0 Å². The average molecular weight is 561 g/mol. The molecule has 3 aromatic rings. The maximum Gasteiger partial charge on any atom is 0.412 e. The van der Waals surface area contributed by atoms with Crippen LogP contribution in [0.1, 0.15) is 86.8 Å². The second-order valence-electron chi connectivity index (χ2n) is 12.5. The van der Waals surface area contributed by atoms with Crippen molar-refractivity contribution in [2.24, 2.45) is 0 Å². The fourth-order valence-electron chi connectivity index (χ4n) is 4.75. The van der Waals surface area contributed by atoms with Crippen LogP contribution in [0.25, 0.3) is 11.3 Å². The highest BCUT2D eigenvalue weighted by atomic mass is 16.6. The lowest BCUT2D eigenvalue weighted by molar-refractivity contribution is 0.00691. The molecule has 0 saturated heterocycles. The molecule has 0 bridgehead atoms. The lowest BCUT2D eigenvalue weighted by atomic mass is 9.98. The summed E-state index contributed by atoms with van der Waals surface area (Å²) in [6.45, 7) is 12.3. The number of hydrogen-bond donors (Lipinski definition) is 1. The number of rotatable bonds is 6. The number of nitrogens with zero attached hydrogens (tertiary/aromatic N) is 3. The minimum atomic E-state index is -0.594. The van der Waals surface area contributed by atoms with Crippen LogP contribution in [0.2, 0.25) is 0 Å². The van der Waals surface area contributed by atoms with Gasteiger partial charge >= 0.3 is 12.1 Å². The predicted molar refractivity (Wildman–Crippen MR) is 158 cm³/mol. The van der Waals surface area contributed by atoms with E-state index in [-0.39, 0.29) is 17.8 Å². The third-order valence-corrected chi connectivity index (χ3v) is 6.56. The number of carbonyl (C=O) groups excluding carboxylic acids is 3. The van der Waals surface area contributed by atoms with Gasteiger partial charge in [0.05, 0.1) is 11.3 Å². The summed E-state index contributed by atoms with van der Waals surface area (Å²) < 4.78 is 12.9. The van der Waals surface area contributed by atoms with Crippen molar-refractivity contribution >= 4 is 23.7 Å². The third-order valence-electron chi connectivity index (χ3n) is 6.56. The van der Waals surface area contributed by atoms with Gasteiger partial charge in [-0.05, 0) is 90.8 Å². The van der Waals surface area contributed by atoms with Crippen LogP contribution in [-0.2, 0) is 16.0 Å². The molecule has 218 valence electrons. The quantitative estimate of drug-likeness (QED) is 0.345. The Bertz CT molecular complexity index is 1400. The van der Waals surface area contributed by atoms with Crippen LogP contribution in [0.15, 0.2) is 54.7 Å². The number of hydrogen-bond acceptors (Lipinski definition) is 6. The van der Waals surface area contributed by atoms with Crippen molar-refractivity contribution in [2.45, 2.75) is 78.0 Å². The van der Waals surface area contributed by atoms with E-state index in [4.69, 9.17) is 14.5 Å². The first kappa shape index (κ1) is 29.8. The zero-order valence-corrected chi connectivity index (χ0v) is 25.0. The van der Waals surface area contributed by atoms with E-state index in [1.54, 1.807) is 69.1 Å². The van der Waals surface area contributed by atoms with Gasteiger partial charge in [0.25, 0.3) is 5.91 Å². The Morgan fingerprint density at radius 1 is 0.927 bits per heavy atom. The maximum atomic E-state index is 13.2. The molecule has 1 unspecified atom stereocenters. The molecule has 1 N–H and O–H groups in total. The summed E-state index contributed by atoms with van der Waals surface area (Å²) >= 11 is 0. The first-order chi connectivity index (χ1) is 19.2. The Kier molecular flexibility index (Phi) is 8.56. The molecular formula is C32H40N4O5. The van der Waals surface area contributed by atoms with Gasteiger partial charge in [-0.3, -0.25) is 10.1 Å². The van der Waals surface area contributed by atoms with Gasteiger partial charge in [0.2, 0.25) is 0 Å². The molecule has 2 amide bonds. The molecule has 0 spiro atoms. The molecule has 2 aromatic carbocycles. The Labute approximate surface area is 241 Å². The highest BCUT2D eigenvalue weighted by Gasteiger charge is 2.27. The highest BCUT2D eigenvalue weighted by molar-refractivity contribution is 5.95. The van der Waals surface area contributed by atoms with Crippen molar-refractivity contribution in [3.63, 3.8) is 0 Å². The van der Waals surface area contributed by atoms with Gasteiger partial charge in [-0.1, -0.05) is 12.1 Å². The van der Waals surface area contributed by atoms with Crippen molar-refractivity contribution < 1.29 is 23.9 Å². The second kappa shape index (κ2) is 11.8. The molecule has 4 rings (SSSR count). The molecule has 41 heavy (non-hydrogen) atoms. The molecule has 2 heterocycles. The van der Waals surface area contributed by atoms with E-state index in [2.05, 4.69) is 9.88 Å². The molecular weight excluding hydrogens is 520 g/mol. The van der Waals surface area contributed by atoms with E-state index in [0.717, 1.165) is 36.5 Å². The summed E-state index contributed by atoms with van der Waals surface area (Å²) in [4.78, 5) is 44.3. The van der Waals surface area contributed by atoms with E-state index < -0.39 is 17.3 Å². The number of fused-ring (bicyclic) bond motifs is 1. The van der Waals surface area contributed by atoms with Crippen molar-refractivity contribution in [2.75, 3.05) is 18.9 Å². The number of esters is 1. The fraction of sp³-hybridized carbons (Fsp3) is 0.438. The van der Waals surface area contributed by atoms with Crippen LogP contribution >= 0.6 is 0 Å². The summed E-state index contributed by atoms with van der Waals surface area (Å²) in [5.41, 5.74) is 2.20. The van der Waals surface area contributed by atoms with Gasteiger partial charge in [0.1, 0.15) is 17.0 Å². The van der Waals surface area contributed by atoms with E-state index in [0.29, 0.717) is 23.4 Å². The van der Waals surface area contributed by atoms with E-state index >= 15 is 0 Å². The third kappa shape index (κ3) is 7.96. The van der Waals surface area contributed by atoms with Gasteiger partial charge < -0.3 is 18.9 Å². The summed E-state index contributed by atoms with van der Waals surface area (Å²) in [6.07, 6.45) is 3.44. The first-order valence-corrected chi connectivity index (χ1v) is 13.9. The largest absolute Gasteiger partial charge is 0.456 e. The standard InChI is InChI=1S/C32H40N4O5/c1-31(2,3)40-29(38)23-12-10-21(11-13-23)26-20-36-18-8-9-24(27(36)34-26)19-35(7)28(37)22-14-16-25(17-15-22)33-30(39)41-32(4,5)6/h10-17,20,24H,8-9,18-19H2,1-7H3,(H,33,39). The number of benzene rings is 2. The minimum absolute atomic E-state index is 0.0978. The molecule has 0 fully saturated rings. The Morgan fingerprint density at radius 2 is 1.54 bits per heavy atom. The Morgan fingerprint density at radius 3 is 2.15 bits per heavy atom. The van der Waals surface area contributed by atoms with Gasteiger partial charge in [-0.25, -0.2) is 14.6 Å². The van der Waals surface area contributed by atoms with E-state index in [1.807, 2.05) is 39.1 Å². The maximum absolute atomic E-state index is 13.2. The first-order valence-electron chi connectivity index (χ1n) is 13.9. The molecule has 1 aliphatic heterocycles. The number of imidazole rings is 1. The van der Waals surface area contributed by atoms with Crippen molar-refractivity contribution in [1.82, 2.24) is 14.5 Å². The van der Waals surface area contributed by atoms with Gasteiger partial charge in [-0.15, -0.1) is 0 Å². The molecule has 1 aromatic heterocycles. The number of likely N-dealkylation sites (N-methyl/N-ethyl adjacent to an activating group) is 1. The van der Waals surface area contributed by atoms with Gasteiger partial charge in [-0.2, -0.15) is 0 Å². The summed E-state index contributed by atoms with van der Waals surface area (Å²) in [5.74, 6) is 0.602. The molecule has 1 atom stereocenters. The fourth-order valence-corrected chi connectivity index (χ4v) is 4.75. The van der Waals surface area contributed by atoms with Crippen LogP contribution in [0.4, 0.5) is 10.5 Å². The summed E-state index contributed by atoms with van der Waals surface area (Å²) in [5, 5.41) is 2.68. The number of ether oxygens (including phenoxy) is 2. The highest BCUT2D eigenvalue weighted by Crippen LogP contribution is 2.31. The van der Waals surface area contributed by atoms with Crippen molar-refractivity contribution in [1.29, 1.82) is 0 Å². The second-order valence-corrected chi connectivity index (χ2v) is 12.5. The summed E-state index contributed by atoms with van der Waals surface area (Å²) in [7, 11) is 1.80. The van der Waals surface area contributed by atoms with Gasteiger partial charge in [0, 0.05) is 49.1 Å². The number of carbonyl (C=O) groups is 3. The van der Waals surface area contributed by atoms with E-state index in [9.17, 15) is 14.4 Å². The Hall–Kier alpha value is -4.14. The zero-order valence-electron chi connectivity index (χ0n) is 25.0. The SMILES string of the molecule is CN(CC1CCCn2cc(-c3ccc(C(=O)OC(C)(C)C)cc3)nc21)C(=O)c1ccc(NC(=O)OC(C)(C)C)cc1. The monoisotopic (exact) mass is 560 g/mol. The molecule has 1 aliphatic rings. The van der Waals surface area contributed by atoms with E-state index in [1.165, 1.54) is 0 Å². The number of amides is 2. The van der Waals surface area contributed by atoms with Crippen LogP contribution in [-0.4, -0.2) is 57.2 Å². The number of anilines is 1. The summed E-state index contributed by atoms with van der Waals surface area (Å²) in [6, 6.07) is 14.1. The van der Waals surface area contributed by atoms with Crippen LogP contribution in [0.5, 0.6) is 0 Å². The average Bonchev–Trinajstić information content (AvgIpc) is 3.32. The van der Waals surface area contributed by atoms with Crippen LogP contribution in [0.3, 0.4) is 0 Å². The molecule has 0 radical (unpaired) electrons. The smallest absolute Gasteiger partial charge is 0.412 e.